The lowest BCUT2D eigenvalue weighted by Gasteiger charge is -2.32. The van der Waals surface area contributed by atoms with E-state index in [1.54, 1.807) is 24.3 Å². The molecule has 0 unspecified atom stereocenters. The second kappa shape index (κ2) is 10.00. The molecule has 3 aromatic rings. The van der Waals surface area contributed by atoms with E-state index in [2.05, 4.69) is 21.4 Å². The van der Waals surface area contributed by atoms with Crippen LogP contribution in [-0.4, -0.2) is 40.2 Å². The Labute approximate surface area is 210 Å². The number of fused-ring (bicyclic) bond motifs is 1. The van der Waals surface area contributed by atoms with Crippen LogP contribution in [0.2, 0.25) is 0 Å². The number of rotatable bonds is 3. The van der Waals surface area contributed by atoms with Crippen molar-refractivity contribution < 1.29 is 14.0 Å². The first-order chi connectivity index (χ1) is 16.4. The molecular formula is C24H20ClFN6O2S. The van der Waals surface area contributed by atoms with Crippen molar-refractivity contribution in [2.24, 2.45) is 5.73 Å². The van der Waals surface area contributed by atoms with E-state index in [-0.39, 0.29) is 28.9 Å². The Bertz CT molecular complexity index is 1420. The maximum Gasteiger partial charge on any atom is 0.290 e. The number of pyridine rings is 2. The molecule has 2 amide bonds. The van der Waals surface area contributed by atoms with Gasteiger partial charge in [0, 0.05) is 30.9 Å². The van der Waals surface area contributed by atoms with E-state index in [1.807, 2.05) is 4.90 Å². The number of hydrogen-bond donors (Lipinski definition) is 2. The van der Waals surface area contributed by atoms with Gasteiger partial charge in [-0.1, -0.05) is 6.07 Å². The molecule has 1 atom stereocenters. The number of amides is 2. The van der Waals surface area contributed by atoms with E-state index in [1.165, 1.54) is 18.3 Å². The quantitative estimate of drug-likeness (QED) is 0.507. The molecule has 0 aliphatic carbocycles. The van der Waals surface area contributed by atoms with Crippen LogP contribution in [0.15, 0.2) is 41.4 Å². The van der Waals surface area contributed by atoms with Gasteiger partial charge in [0.05, 0.1) is 32.9 Å². The van der Waals surface area contributed by atoms with Crippen molar-refractivity contribution in [3.8, 4) is 17.2 Å². The minimum Gasteiger partial charge on any atom is -0.368 e. The van der Waals surface area contributed by atoms with Gasteiger partial charge in [-0.05, 0) is 60.5 Å². The van der Waals surface area contributed by atoms with Crippen molar-refractivity contribution >= 4 is 58.1 Å². The number of carbonyl (C=O) groups excluding carboxylic acids is 2. The molecule has 178 valence electrons. The van der Waals surface area contributed by atoms with Crippen LogP contribution < -0.4 is 16.0 Å². The van der Waals surface area contributed by atoms with Crippen molar-refractivity contribution in [2.75, 3.05) is 18.0 Å². The van der Waals surface area contributed by atoms with Gasteiger partial charge in [-0.25, -0.2) is 9.37 Å². The number of nitriles is 1. The summed E-state index contributed by atoms with van der Waals surface area (Å²) < 4.78 is 15.2. The molecule has 0 spiro atoms. The van der Waals surface area contributed by atoms with Gasteiger partial charge in [-0.2, -0.15) is 5.26 Å². The summed E-state index contributed by atoms with van der Waals surface area (Å²) in [6.45, 7) is 1.32. The molecule has 3 N–H and O–H groups in total. The highest BCUT2D eigenvalue weighted by Gasteiger charge is 2.25. The van der Waals surface area contributed by atoms with Gasteiger partial charge >= 0.3 is 0 Å². The predicted octanol–water partition coefficient (Wildman–Crippen LogP) is 3.98. The fourth-order valence-corrected chi connectivity index (χ4v) is 4.91. The van der Waals surface area contributed by atoms with Crippen LogP contribution in [0, 0.1) is 17.1 Å². The standard InChI is InChI=1S/C24H19FN6O2S.ClH/c25-17-8-13(3-6-19(17)31-7-1-2-15(27)12-31)21-14(10-26)11-28-18-5-4-16(29-22(18)21)9-20-23(32)30-24(33)34-20;/h3-6,8-9,11,15H,1-2,7,12,27H2,(H,30,32,33);1H/t15-;/m1./s1. The minimum atomic E-state index is -0.490. The maximum absolute atomic E-state index is 15.2. The summed E-state index contributed by atoms with van der Waals surface area (Å²) in [7, 11) is 0. The van der Waals surface area contributed by atoms with Crippen molar-refractivity contribution in [1.29, 1.82) is 5.26 Å². The van der Waals surface area contributed by atoms with Gasteiger partial charge in [0.15, 0.2) is 0 Å². The van der Waals surface area contributed by atoms with Crippen LogP contribution in [0.4, 0.5) is 14.9 Å². The Morgan fingerprint density at radius 3 is 2.80 bits per heavy atom. The number of nitrogens with zero attached hydrogens (tertiary/aromatic N) is 4. The molecule has 0 radical (unpaired) electrons. The molecule has 2 aromatic heterocycles. The number of nitrogens with two attached hydrogens (primary N) is 1. The smallest absolute Gasteiger partial charge is 0.290 e. The number of nitrogens with one attached hydrogen (secondary N) is 1. The monoisotopic (exact) mass is 510 g/mol. The fraction of sp³-hybridized carbons (Fsp3) is 0.208. The number of imide groups is 1. The molecule has 2 fully saturated rings. The summed E-state index contributed by atoms with van der Waals surface area (Å²) in [5.74, 6) is -0.896. The van der Waals surface area contributed by atoms with Crippen LogP contribution in [0.5, 0.6) is 0 Å². The third kappa shape index (κ3) is 4.84. The number of halogens is 2. The number of hydrogen-bond acceptors (Lipinski definition) is 8. The Kier molecular flexibility index (Phi) is 7.03. The Morgan fingerprint density at radius 1 is 1.29 bits per heavy atom. The lowest BCUT2D eigenvalue weighted by molar-refractivity contribution is -0.115. The molecule has 1 aromatic carbocycles. The van der Waals surface area contributed by atoms with Gasteiger partial charge in [-0.15, -0.1) is 12.4 Å². The first-order valence-corrected chi connectivity index (χ1v) is 11.5. The number of piperidine rings is 1. The third-order valence-electron chi connectivity index (χ3n) is 5.81. The van der Waals surface area contributed by atoms with E-state index in [0.29, 0.717) is 40.1 Å². The Balaban J connectivity index is 0.00000289. The van der Waals surface area contributed by atoms with E-state index in [0.717, 1.165) is 31.1 Å². The summed E-state index contributed by atoms with van der Waals surface area (Å²) in [6.07, 6.45) is 4.76. The van der Waals surface area contributed by atoms with Gasteiger partial charge in [-0.3, -0.25) is 19.9 Å². The molecule has 4 heterocycles. The lowest BCUT2D eigenvalue weighted by atomic mass is 9.98. The van der Waals surface area contributed by atoms with Crippen LogP contribution in [-0.2, 0) is 4.79 Å². The normalized spacial score (nSPS) is 18.9. The second-order valence-electron chi connectivity index (χ2n) is 8.13. The summed E-state index contributed by atoms with van der Waals surface area (Å²) in [5, 5.41) is 11.5. The molecule has 8 nitrogen and oxygen atoms in total. The van der Waals surface area contributed by atoms with Crippen LogP contribution in [0.1, 0.15) is 24.1 Å². The highest BCUT2D eigenvalue weighted by Crippen LogP contribution is 2.34. The lowest BCUT2D eigenvalue weighted by Crippen LogP contribution is -2.43. The minimum absolute atomic E-state index is 0. The predicted molar refractivity (Wildman–Crippen MR) is 135 cm³/mol. The zero-order valence-corrected chi connectivity index (χ0v) is 20.0. The van der Waals surface area contributed by atoms with Gasteiger partial charge in [0.2, 0.25) is 0 Å². The van der Waals surface area contributed by atoms with E-state index in [9.17, 15) is 14.9 Å². The molecule has 0 bridgehead atoms. The number of thioether (sulfide) groups is 1. The number of carbonyl (C=O) groups is 2. The summed E-state index contributed by atoms with van der Waals surface area (Å²) in [4.78, 5) is 34.4. The van der Waals surface area contributed by atoms with Crippen LogP contribution in [0.3, 0.4) is 0 Å². The van der Waals surface area contributed by atoms with Crippen LogP contribution >= 0.6 is 24.2 Å². The van der Waals surface area contributed by atoms with Gasteiger partial charge < -0.3 is 10.6 Å². The zero-order chi connectivity index (χ0) is 23.8. The first-order valence-electron chi connectivity index (χ1n) is 10.7. The number of anilines is 1. The highest BCUT2D eigenvalue weighted by molar-refractivity contribution is 8.18. The molecule has 5 rings (SSSR count). The van der Waals surface area contributed by atoms with E-state index >= 15 is 4.39 Å². The molecule has 0 saturated carbocycles. The van der Waals surface area contributed by atoms with Gasteiger partial charge in [0.25, 0.3) is 11.1 Å². The average Bonchev–Trinajstić information content (AvgIpc) is 3.14. The molecule has 11 heteroatoms. The number of aromatic nitrogens is 2. The largest absolute Gasteiger partial charge is 0.368 e. The number of benzene rings is 1. The Hall–Kier alpha value is -3.52. The topological polar surface area (TPSA) is 125 Å². The molecular weight excluding hydrogens is 491 g/mol. The van der Waals surface area contributed by atoms with Crippen LogP contribution in [0.25, 0.3) is 28.2 Å². The van der Waals surface area contributed by atoms with E-state index in [4.69, 9.17) is 5.73 Å². The molecule has 35 heavy (non-hydrogen) atoms. The van der Waals surface area contributed by atoms with Crippen molar-refractivity contribution in [1.82, 2.24) is 15.3 Å². The second-order valence-corrected chi connectivity index (χ2v) is 9.14. The third-order valence-corrected chi connectivity index (χ3v) is 6.62. The maximum atomic E-state index is 15.2. The molecule has 2 aliphatic rings. The SMILES string of the molecule is Cl.N#Cc1cnc2ccc(C=C3SC(=O)NC3=O)nc2c1-c1ccc(N2CCC[C@@H](N)C2)c(F)c1. The van der Waals surface area contributed by atoms with E-state index < -0.39 is 17.0 Å². The highest BCUT2D eigenvalue weighted by atomic mass is 35.5. The van der Waals surface area contributed by atoms with Gasteiger partial charge in [0.1, 0.15) is 11.9 Å². The summed E-state index contributed by atoms with van der Waals surface area (Å²) in [6, 6.07) is 10.4. The Morgan fingerprint density at radius 2 is 2.11 bits per heavy atom. The summed E-state index contributed by atoms with van der Waals surface area (Å²) >= 11 is 0.790. The fourth-order valence-electron chi connectivity index (χ4n) is 4.24. The average molecular weight is 511 g/mol. The molecule has 2 aliphatic heterocycles. The van der Waals surface area contributed by atoms with Crippen molar-refractivity contribution in [2.45, 2.75) is 18.9 Å². The zero-order valence-electron chi connectivity index (χ0n) is 18.3. The molecule has 2 saturated heterocycles. The summed E-state index contributed by atoms with van der Waals surface area (Å²) in [5.41, 5.74) is 9.06. The first kappa shape index (κ1) is 24.6. The van der Waals surface area contributed by atoms with Crippen molar-refractivity contribution in [3.05, 3.63) is 58.5 Å². The van der Waals surface area contributed by atoms with Crippen molar-refractivity contribution in [3.63, 3.8) is 0 Å².